The predicted octanol–water partition coefficient (Wildman–Crippen LogP) is 4.17. The van der Waals surface area contributed by atoms with E-state index in [1.54, 1.807) is 13.0 Å². The van der Waals surface area contributed by atoms with Crippen molar-refractivity contribution in [3.05, 3.63) is 58.6 Å². The maximum atomic E-state index is 11.8. The molecule has 6 heteroatoms. The van der Waals surface area contributed by atoms with E-state index < -0.39 is 12.1 Å². The third-order valence-electron chi connectivity index (χ3n) is 5.97. The van der Waals surface area contributed by atoms with Gasteiger partial charge in [0.2, 0.25) is 5.91 Å². The van der Waals surface area contributed by atoms with E-state index in [1.165, 1.54) is 12.8 Å². The zero-order chi connectivity index (χ0) is 20.0. The minimum atomic E-state index is -0.613. The van der Waals surface area contributed by atoms with Crippen molar-refractivity contribution in [3.63, 3.8) is 0 Å². The molecule has 0 saturated heterocycles. The summed E-state index contributed by atoms with van der Waals surface area (Å²) in [6.45, 7) is 4.01. The van der Waals surface area contributed by atoms with Gasteiger partial charge in [0.25, 0.3) is 0 Å². The number of nitrogens with one attached hydrogen (secondary N) is 1. The van der Waals surface area contributed by atoms with Crippen molar-refractivity contribution in [2.75, 3.05) is 10.2 Å². The van der Waals surface area contributed by atoms with Crippen LogP contribution in [-0.4, -0.2) is 23.3 Å². The Morgan fingerprint density at radius 1 is 1.29 bits per heavy atom. The lowest BCUT2D eigenvalue weighted by atomic mass is 9.79. The predicted molar refractivity (Wildman–Crippen MR) is 113 cm³/mol. The van der Waals surface area contributed by atoms with Crippen molar-refractivity contribution in [3.8, 4) is 0 Å². The lowest BCUT2D eigenvalue weighted by Crippen LogP contribution is -2.52. The van der Waals surface area contributed by atoms with Crippen LogP contribution in [0.25, 0.3) is 0 Å². The van der Waals surface area contributed by atoms with Crippen molar-refractivity contribution in [2.24, 2.45) is 17.6 Å². The molecule has 0 aromatic heterocycles. The highest BCUT2D eigenvalue weighted by Crippen LogP contribution is 2.50. The Morgan fingerprint density at radius 3 is 2.64 bits per heavy atom. The van der Waals surface area contributed by atoms with E-state index in [0.717, 1.165) is 16.9 Å². The molecule has 28 heavy (non-hydrogen) atoms. The number of anilines is 2. The minimum absolute atomic E-state index is 0.0200. The van der Waals surface area contributed by atoms with E-state index >= 15 is 0 Å². The average molecular weight is 400 g/mol. The fourth-order valence-electron chi connectivity index (χ4n) is 4.60. The molecular weight excluding hydrogens is 374 g/mol. The van der Waals surface area contributed by atoms with Gasteiger partial charge in [-0.05, 0) is 67.6 Å². The number of carbonyl (C=O) groups excluding carboxylic acids is 1. The highest BCUT2D eigenvalue weighted by molar-refractivity contribution is 6.30. The van der Waals surface area contributed by atoms with E-state index in [2.05, 4.69) is 17.1 Å². The van der Waals surface area contributed by atoms with Crippen LogP contribution in [0.2, 0.25) is 5.02 Å². The van der Waals surface area contributed by atoms with Crippen LogP contribution in [0.3, 0.4) is 0 Å². The number of aliphatic hydroxyl groups excluding tert-OH is 1. The number of primary amides is 1. The number of hydrogen-bond acceptors (Lipinski definition) is 4. The second kappa shape index (κ2) is 7.30. The number of fused-ring (bicyclic) bond motifs is 1. The molecule has 0 radical (unpaired) electrons. The molecule has 1 aliphatic heterocycles. The Labute approximate surface area is 170 Å². The van der Waals surface area contributed by atoms with Crippen LogP contribution in [-0.2, 0) is 0 Å². The van der Waals surface area contributed by atoms with Crippen molar-refractivity contribution in [2.45, 2.75) is 45.0 Å². The maximum Gasteiger partial charge on any atom is 0.248 e. The first-order valence-electron chi connectivity index (χ1n) is 9.79. The van der Waals surface area contributed by atoms with E-state index in [-0.39, 0.29) is 18.0 Å². The first-order chi connectivity index (χ1) is 13.4. The number of aliphatic hydroxyl groups is 1. The van der Waals surface area contributed by atoms with Crippen LogP contribution < -0.4 is 16.0 Å². The SMILES string of the molecule is CC(O)N1c2ccc(C(N)=O)cc2[C@H](Nc2cccc(Cl)c2)[C@@H](C)[C@@H]1C1CC1. The summed E-state index contributed by atoms with van der Waals surface area (Å²) < 4.78 is 0. The number of nitrogens with two attached hydrogens (primary N) is 1. The number of amides is 1. The van der Waals surface area contributed by atoms with Crippen LogP contribution in [0, 0.1) is 11.8 Å². The van der Waals surface area contributed by atoms with Crippen LogP contribution >= 0.6 is 11.6 Å². The number of halogens is 1. The summed E-state index contributed by atoms with van der Waals surface area (Å²) in [5.41, 5.74) is 8.87. The van der Waals surface area contributed by atoms with Crippen LogP contribution in [0.4, 0.5) is 11.4 Å². The lowest BCUT2D eigenvalue weighted by Gasteiger charge is -2.48. The molecule has 5 nitrogen and oxygen atoms in total. The lowest BCUT2D eigenvalue weighted by molar-refractivity contribution is 0.1000. The first kappa shape index (κ1) is 19.1. The molecule has 1 saturated carbocycles. The monoisotopic (exact) mass is 399 g/mol. The highest BCUT2D eigenvalue weighted by Gasteiger charge is 2.47. The van der Waals surface area contributed by atoms with E-state index in [4.69, 9.17) is 17.3 Å². The number of benzene rings is 2. The van der Waals surface area contributed by atoms with Gasteiger partial charge in [0.15, 0.2) is 0 Å². The van der Waals surface area contributed by atoms with Crippen molar-refractivity contribution in [1.29, 1.82) is 0 Å². The van der Waals surface area contributed by atoms with Gasteiger partial charge >= 0.3 is 0 Å². The Hall–Kier alpha value is -2.24. The molecule has 4 rings (SSSR count). The molecule has 0 spiro atoms. The Kier molecular flexibility index (Phi) is 4.98. The van der Waals surface area contributed by atoms with Gasteiger partial charge < -0.3 is 21.1 Å². The van der Waals surface area contributed by atoms with Gasteiger partial charge in [-0.25, -0.2) is 0 Å². The Balaban J connectivity index is 1.82. The molecule has 0 bridgehead atoms. The van der Waals surface area contributed by atoms with Crippen molar-refractivity contribution in [1.82, 2.24) is 0 Å². The molecular formula is C22H26ClN3O2. The zero-order valence-corrected chi connectivity index (χ0v) is 16.9. The summed E-state index contributed by atoms with van der Waals surface area (Å²) in [5, 5.41) is 14.9. The molecule has 1 unspecified atom stereocenters. The molecule has 148 valence electrons. The van der Waals surface area contributed by atoms with Gasteiger partial charge in [0, 0.05) is 33.9 Å². The van der Waals surface area contributed by atoms with E-state index in [1.807, 2.05) is 36.4 Å². The fourth-order valence-corrected chi connectivity index (χ4v) is 4.79. The van der Waals surface area contributed by atoms with E-state index in [0.29, 0.717) is 16.5 Å². The standard InChI is InChI=1S/C22H26ClN3O2/c1-12-20(25-17-5-3-4-16(23)11-17)18-10-15(22(24)28)8-9-19(18)26(13(2)27)21(12)14-6-7-14/h3-5,8-14,20-21,25,27H,6-7H2,1-2H3,(H2,24,28)/t12-,13?,20-,21-/m1/s1. The van der Waals surface area contributed by atoms with Gasteiger partial charge in [-0.15, -0.1) is 0 Å². The summed E-state index contributed by atoms with van der Waals surface area (Å²) in [4.78, 5) is 13.9. The quantitative estimate of drug-likeness (QED) is 0.705. The van der Waals surface area contributed by atoms with Crippen LogP contribution in [0.1, 0.15) is 48.7 Å². The van der Waals surface area contributed by atoms with Gasteiger partial charge in [-0.2, -0.15) is 0 Å². The number of carbonyl (C=O) groups is 1. The Bertz CT molecular complexity index is 897. The van der Waals surface area contributed by atoms with E-state index in [9.17, 15) is 9.90 Å². The summed E-state index contributed by atoms with van der Waals surface area (Å²) >= 11 is 6.18. The number of nitrogens with zero attached hydrogens (tertiary/aromatic N) is 1. The van der Waals surface area contributed by atoms with Crippen molar-refractivity contribution >= 4 is 28.9 Å². The number of hydrogen-bond donors (Lipinski definition) is 3. The summed E-state index contributed by atoms with van der Waals surface area (Å²) in [5.74, 6) is 0.332. The molecule has 1 fully saturated rings. The van der Waals surface area contributed by atoms with Gasteiger partial charge in [0.05, 0.1) is 6.04 Å². The second-order valence-electron chi connectivity index (χ2n) is 8.00. The molecule has 2 aromatic carbocycles. The molecule has 2 aromatic rings. The molecule has 1 heterocycles. The zero-order valence-electron chi connectivity index (χ0n) is 16.1. The van der Waals surface area contributed by atoms with Crippen LogP contribution in [0.5, 0.6) is 0 Å². The Morgan fingerprint density at radius 2 is 2.04 bits per heavy atom. The summed E-state index contributed by atoms with van der Waals surface area (Å²) in [6, 6.07) is 13.4. The third-order valence-corrected chi connectivity index (χ3v) is 6.20. The highest BCUT2D eigenvalue weighted by atomic mass is 35.5. The normalized spacial score (nSPS) is 25.1. The number of rotatable bonds is 5. The largest absolute Gasteiger partial charge is 0.378 e. The smallest absolute Gasteiger partial charge is 0.248 e. The molecule has 4 N–H and O–H groups in total. The minimum Gasteiger partial charge on any atom is -0.378 e. The van der Waals surface area contributed by atoms with Gasteiger partial charge in [-0.3, -0.25) is 4.79 Å². The average Bonchev–Trinajstić information content (AvgIpc) is 3.47. The summed E-state index contributed by atoms with van der Waals surface area (Å²) in [6.07, 6.45) is 1.74. The van der Waals surface area contributed by atoms with Crippen molar-refractivity contribution < 1.29 is 9.90 Å². The first-order valence-corrected chi connectivity index (χ1v) is 10.2. The molecule has 2 aliphatic rings. The van der Waals surface area contributed by atoms with Gasteiger partial charge in [0.1, 0.15) is 6.23 Å². The molecule has 1 amide bonds. The second-order valence-corrected chi connectivity index (χ2v) is 8.43. The fraction of sp³-hybridized carbons (Fsp3) is 0.409. The maximum absolute atomic E-state index is 11.8. The summed E-state index contributed by atoms with van der Waals surface area (Å²) in [7, 11) is 0. The molecule has 1 aliphatic carbocycles. The van der Waals surface area contributed by atoms with Gasteiger partial charge in [-0.1, -0.05) is 24.6 Å². The third kappa shape index (κ3) is 3.45. The van der Waals surface area contributed by atoms with Crippen LogP contribution in [0.15, 0.2) is 42.5 Å². The topological polar surface area (TPSA) is 78.6 Å². The molecule has 4 atom stereocenters.